The van der Waals surface area contributed by atoms with E-state index in [1.54, 1.807) is 0 Å². The molecule has 0 radical (unpaired) electrons. The minimum absolute atomic E-state index is 0. The maximum atomic E-state index is 14.0. The molecule has 2 nitrogen and oxygen atoms in total. The van der Waals surface area contributed by atoms with Crippen molar-refractivity contribution in [3.8, 4) is 0 Å². The van der Waals surface area contributed by atoms with Gasteiger partial charge in [-0.1, -0.05) is 0 Å². The summed E-state index contributed by atoms with van der Waals surface area (Å²) in [7, 11) is 0. The molecule has 0 fully saturated rings. The van der Waals surface area contributed by atoms with Crippen molar-refractivity contribution in [2.45, 2.75) is 71.8 Å². The zero-order valence-corrected chi connectivity index (χ0v) is 21.0. The molecule has 0 amide bonds. The van der Waals surface area contributed by atoms with Crippen LogP contribution in [0.25, 0.3) is 0 Å². The molecule has 29 heteroatoms. The zero-order valence-electron chi connectivity index (χ0n) is 18.8. The van der Waals surface area contributed by atoms with E-state index >= 15 is 0 Å². The van der Waals surface area contributed by atoms with Gasteiger partial charge in [0.2, 0.25) is 0 Å². The number of hydrogen-bond donors (Lipinski definition) is 0. The number of aromatic nitrogens is 2. The third kappa shape index (κ3) is 5.16. The Morgan fingerprint density at radius 2 is 0.636 bits per heavy atom. The van der Waals surface area contributed by atoms with Crippen molar-refractivity contribution >= 4 is 0 Å². The molecule has 0 spiro atoms. The number of hydrogen-bond acceptors (Lipinski definition) is 0. The molecule has 0 unspecified atom stereocenters. The molecule has 0 N–H and O–H groups in total. The van der Waals surface area contributed by atoms with Crippen molar-refractivity contribution < 1.29 is 143 Å². The monoisotopic (exact) mass is 832 g/mol. The Bertz CT molecular complexity index is 1080. The van der Waals surface area contributed by atoms with Gasteiger partial charge in [0, 0.05) is 0 Å². The predicted octanol–water partition coefficient (Wildman–Crippen LogP) is 5.09. The second-order valence-electron chi connectivity index (χ2n) is 7.90. The summed E-state index contributed by atoms with van der Waals surface area (Å²) in [4.78, 5) is 0. The molecule has 0 saturated carbocycles. The molecule has 262 valence electrons. The van der Waals surface area contributed by atoms with Crippen molar-refractivity contribution in [1.29, 1.82) is 0 Å². The van der Waals surface area contributed by atoms with E-state index in [9.17, 15) is 114 Å². The summed E-state index contributed by atoms with van der Waals surface area (Å²) < 4.78 is 336. The molecule has 1 aromatic rings. The Balaban J connectivity index is 0.0000185. The van der Waals surface area contributed by atoms with E-state index in [2.05, 4.69) is 0 Å². The second kappa shape index (κ2) is 10.6. The summed E-state index contributed by atoms with van der Waals surface area (Å²) in [6, 6.07) is -15.2. The number of imidazole rings is 1. The van der Waals surface area contributed by atoms with Crippen LogP contribution in [0.5, 0.6) is 0 Å². The van der Waals surface area contributed by atoms with Crippen LogP contribution in [-0.4, -0.2) is 64.3 Å². The fourth-order valence-corrected chi connectivity index (χ4v) is 2.53. The topological polar surface area (TPSA) is 8.81 Å². The molecule has 0 aliphatic rings. The van der Waals surface area contributed by atoms with Gasteiger partial charge >= 0.3 is 71.8 Å². The smallest absolute Gasteiger partial charge is 0.469 e. The Kier molecular flexibility index (Phi) is 10.1. The molecule has 0 aliphatic heterocycles. The summed E-state index contributed by atoms with van der Waals surface area (Å²) in [6.07, 6.45) is -20.7. The Hall–Kier alpha value is -1.88. The number of rotatable bonds is 10. The van der Waals surface area contributed by atoms with Crippen molar-refractivity contribution in [3.05, 3.63) is 18.7 Å². The Morgan fingerprint density at radius 1 is 0.364 bits per heavy atom. The van der Waals surface area contributed by atoms with E-state index in [4.69, 9.17) is 0 Å². The lowest BCUT2D eigenvalue weighted by Crippen LogP contribution is -3.00. The number of nitrogens with zero attached hydrogens (tertiary/aromatic N) is 2. The van der Waals surface area contributed by atoms with Gasteiger partial charge in [0.25, 0.3) is 6.33 Å². The van der Waals surface area contributed by atoms with E-state index in [0.29, 0.717) is 0 Å². The normalized spacial score (nSPS) is 16.2. The van der Waals surface area contributed by atoms with Crippen LogP contribution in [0.2, 0.25) is 0 Å². The first-order chi connectivity index (χ1) is 18.2. The maximum Gasteiger partial charge on any atom is 0.469 e. The summed E-state index contributed by atoms with van der Waals surface area (Å²) >= 11 is 0. The highest BCUT2D eigenvalue weighted by Crippen LogP contribution is 2.62. The van der Waals surface area contributed by atoms with Gasteiger partial charge in [-0.25, -0.2) is 0 Å². The largest absolute Gasteiger partial charge is 1.00 e. The standard InChI is InChI=1S/C15H3F26N2.HI/c16-4(17,8(24,25)12(32,33)34)6(20,21)10(28,29)14(38,39)42-1-2-43(3-42)15(40,41)11(30,31)7(22,23)5(18,19)9(26,27)13(35,36)37;/h1-3H;1H/q+1;/p-1. The van der Waals surface area contributed by atoms with E-state index in [-0.39, 0.29) is 24.0 Å². The number of alkyl halides is 26. The molecule has 1 rings (SSSR count). The summed E-state index contributed by atoms with van der Waals surface area (Å²) in [5.41, 5.74) is 0. The Labute approximate surface area is 238 Å². The van der Waals surface area contributed by atoms with Crippen LogP contribution in [0.15, 0.2) is 18.7 Å². The lowest BCUT2D eigenvalue weighted by Gasteiger charge is -2.38. The van der Waals surface area contributed by atoms with Crippen molar-refractivity contribution in [3.63, 3.8) is 0 Å². The van der Waals surface area contributed by atoms with Crippen molar-refractivity contribution in [1.82, 2.24) is 4.57 Å². The van der Waals surface area contributed by atoms with E-state index in [0.717, 1.165) is 0 Å². The van der Waals surface area contributed by atoms with E-state index in [1.165, 1.54) is 0 Å². The fraction of sp³-hybridized carbons (Fsp3) is 0.800. The van der Waals surface area contributed by atoms with Gasteiger partial charge in [0.05, 0.1) is 0 Å². The van der Waals surface area contributed by atoms with Crippen molar-refractivity contribution in [2.24, 2.45) is 0 Å². The van der Waals surface area contributed by atoms with Crippen LogP contribution < -0.4 is 28.5 Å². The molecule has 0 saturated heterocycles. The van der Waals surface area contributed by atoms with Crippen LogP contribution in [0, 0.1) is 0 Å². The number of halogens is 27. The highest BCUT2D eigenvalue weighted by molar-refractivity contribution is 5.10. The lowest BCUT2D eigenvalue weighted by atomic mass is 9.96. The van der Waals surface area contributed by atoms with E-state index < -0.39 is 99.7 Å². The van der Waals surface area contributed by atoms with Gasteiger partial charge in [-0.3, -0.25) is 0 Å². The third-order valence-corrected chi connectivity index (χ3v) is 5.12. The van der Waals surface area contributed by atoms with Gasteiger partial charge in [-0.15, -0.1) is 0 Å². The second-order valence-corrected chi connectivity index (χ2v) is 7.90. The summed E-state index contributed by atoms with van der Waals surface area (Å²) in [6.45, 7) is 0. The molecule has 0 atom stereocenters. The van der Waals surface area contributed by atoms with Gasteiger partial charge in [0.15, 0.2) is 0 Å². The first-order valence-electron chi connectivity index (χ1n) is 9.23. The maximum absolute atomic E-state index is 14.0. The first-order valence-corrected chi connectivity index (χ1v) is 9.23. The predicted molar refractivity (Wildman–Crippen MR) is 76.7 cm³/mol. The first kappa shape index (κ1) is 42.1. The minimum Gasteiger partial charge on any atom is -1.00 e. The van der Waals surface area contributed by atoms with Crippen LogP contribution in [0.4, 0.5) is 114 Å². The summed E-state index contributed by atoms with van der Waals surface area (Å²) in [5, 5.41) is 0. The molecule has 0 aliphatic carbocycles. The van der Waals surface area contributed by atoms with Crippen LogP contribution in [0.3, 0.4) is 0 Å². The SMILES string of the molecule is FC(F)(F)C(F)(F)C(F)(F)C(F)(F)C(F)(F)C(F)(F)n1cc[n+](C(F)(F)C(F)(F)C(F)(F)C(F)(F)C(F)(F)C(F)(F)F)c1.[I-]. The van der Waals surface area contributed by atoms with Gasteiger partial charge in [-0.2, -0.15) is 123 Å². The zero-order chi connectivity index (χ0) is 35.3. The third-order valence-electron chi connectivity index (χ3n) is 5.12. The highest BCUT2D eigenvalue weighted by atomic mass is 127. The van der Waals surface area contributed by atoms with Crippen LogP contribution in [0.1, 0.15) is 0 Å². The van der Waals surface area contributed by atoms with Crippen LogP contribution >= 0.6 is 0 Å². The quantitative estimate of drug-likeness (QED) is 0.177. The van der Waals surface area contributed by atoms with Gasteiger partial charge in [-0.05, 0) is 0 Å². The van der Waals surface area contributed by atoms with Gasteiger partial charge in [0.1, 0.15) is 12.4 Å². The molecule has 0 aromatic carbocycles. The minimum atomic E-state index is -8.61. The average Bonchev–Trinajstić information content (AvgIpc) is 3.28. The molecule has 0 bridgehead atoms. The summed E-state index contributed by atoms with van der Waals surface area (Å²) in [5.74, 6) is -67.6. The molecule has 1 heterocycles. The van der Waals surface area contributed by atoms with Gasteiger partial charge < -0.3 is 24.0 Å². The molecular formula is C15H3F26IN2. The lowest BCUT2D eigenvalue weighted by molar-refractivity contribution is -0.849. The molecular weight excluding hydrogens is 829 g/mol. The van der Waals surface area contributed by atoms with Crippen LogP contribution in [-0.2, 0) is 12.1 Å². The molecule has 1 aromatic heterocycles. The fourth-order valence-electron chi connectivity index (χ4n) is 2.53. The molecule has 44 heavy (non-hydrogen) atoms. The Morgan fingerprint density at radius 3 is 0.932 bits per heavy atom. The van der Waals surface area contributed by atoms with E-state index in [1.807, 2.05) is 0 Å². The highest BCUT2D eigenvalue weighted by Gasteiger charge is 2.94. The average molecular weight is 832 g/mol. The van der Waals surface area contributed by atoms with Crippen molar-refractivity contribution in [2.75, 3.05) is 0 Å².